The zero-order valence-corrected chi connectivity index (χ0v) is 13.5. The van der Waals surface area contributed by atoms with Crippen molar-refractivity contribution in [1.29, 1.82) is 0 Å². The zero-order chi connectivity index (χ0) is 15.3. The van der Waals surface area contributed by atoms with Gasteiger partial charge in [0.1, 0.15) is 0 Å². The van der Waals surface area contributed by atoms with Gasteiger partial charge < -0.3 is 9.42 Å². The molecule has 2 saturated carbocycles. The summed E-state index contributed by atoms with van der Waals surface area (Å²) < 4.78 is 5.56. The van der Waals surface area contributed by atoms with Crippen LogP contribution in [0.5, 0.6) is 0 Å². The van der Waals surface area contributed by atoms with E-state index in [9.17, 15) is 4.79 Å². The minimum Gasteiger partial charge on any atom is -0.349 e. The highest BCUT2D eigenvalue weighted by Gasteiger charge is 2.53. The van der Waals surface area contributed by atoms with Gasteiger partial charge in [-0.2, -0.15) is 16.3 Å². The maximum atomic E-state index is 12.6. The van der Waals surface area contributed by atoms with Crippen LogP contribution in [-0.2, 0) is 4.79 Å². The predicted octanol–water partition coefficient (Wildman–Crippen LogP) is 3.02. The lowest BCUT2D eigenvalue weighted by Crippen LogP contribution is -2.36. The number of hydrogen-bond acceptors (Lipinski definition) is 5. The van der Waals surface area contributed by atoms with E-state index in [1.54, 1.807) is 16.2 Å². The molecule has 2 aliphatic rings. The fourth-order valence-electron chi connectivity index (χ4n) is 4.18. The summed E-state index contributed by atoms with van der Waals surface area (Å²) in [7, 11) is 3.66. The van der Waals surface area contributed by atoms with Crippen molar-refractivity contribution in [3.05, 3.63) is 22.7 Å². The number of aromatic nitrogens is 2. The fraction of sp³-hybridized carbons (Fsp3) is 0.562. The van der Waals surface area contributed by atoms with Gasteiger partial charge in [0.15, 0.2) is 0 Å². The van der Waals surface area contributed by atoms with E-state index in [0.29, 0.717) is 23.6 Å². The van der Waals surface area contributed by atoms with Crippen LogP contribution in [0.15, 0.2) is 21.3 Å². The molecule has 116 valence electrons. The summed E-state index contributed by atoms with van der Waals surface area (Å²) in [6.45, 7) is 0. The van der Waals surface area contributed by atoms with Gasteiger partial charge in [0.2, 0.25) is 17.6 Å². The van der Waals surface area contributed by atoms with Crippen molar-refractivity contribution in [3.8, 4) is 11.4 Å². The first-order valence-electron chi connectivity index (χ1n) is 7.72. The summed E-state index contributed by atoms with van der Waals surface area (Å²) in [5.41, 5.74) is 0.985. The Kier molecular flexibility index (Phi) is 3.29. The number of rotatable bonds is 3. The van der Waals surface area contributed by atoms with Crippen LogP contribution < -0.4 is 0 Å². The molecule has 0 unspecified atom stereocenters. The Morgan fingerprint density at radius 1 is 1.36 bits per heavy atom. The Morgan fingerprint density at radius 2 is 2.18 bits per heavy atom. The van der Waals surface area contributed by atoms with Gasteiger partial charge in [-0.15, -0.1) is 0 Å². The molecule has 4 rings (SSSR count). The summed E-state index contributed by atoms with van der Waals surface area (Å²) in [4.78, 5) is 18.9. The third-order valence-corrected chi connectivity index (χ3v) is 5.83. The van der Waals surface area contributed by atoms with Crippen LogP contribution in [0, 0.1) is 17.8 Å². The van der Waals surface area contributed by atoms with Gasteiger partial charge in [-0.25, -0.2) is 0 Å². The number of carbonyl (C=O) groups excluding carboxylic acids is 1. The number of nitrogens with zero attached hydrogens (tertiary/aromatic N) is 3. The second kappa shape index (κ2) is 5.19. The lowest BCUT2D eigenvalue weighted by Gasteiger charge is -2.29. The molecule has 6 heteroatoms. The third kappa shape index (κ3) is 2.08. The normalized spacial score (nSPS) is 29.9. The maximum absolute atomic E-state index is 12.6. The Hall–Kier alpha value is -1.69. The monoisotopic (exact) mass is 317 g/mol. The molecule has 2 aromatic rings. The quantitative estimate of drug-likeness (QED) is 0.873. The Bertz CT molecular complexity index is 679. The zero-order valence-electron chi connectivity index (χ0n) is 12.7. The number of hydrogen-bond donors (Lipinski definition) is 0. The summed E-state index contributed by atoms with van der Waals surface area (Å²) in [6.07, 6.45) is 3.44. The molecule has 2 aromatic heterocycles. The lowest BCUT2D eigenvalue weighted by molar-refractivity contribution is -0.135. The highest BCUT2D eigenvalue weighted by molar-refractivity contribution is 7.08. The van der Waals surface area contributed by atoms with Crippen LogP contribution in [0.4, 0.5) is 0 Å². The molecule has 0 N–H and O–H groups in total. The molecule has 0 aromatic carbocycles. The number of amides is 1. The fourth-order valence-corrected chi connectivity index (χ4v) is 4.81. The van der Waals surface area contributed by atoms with Crippen molar-refractivity contribution >= 4 is 17.2 Å². The number of thiophene rings is 1. The van der Waals surface area contributed by atoms with Crippen LogP contribution in [0.25, 0.3) is 11.4 Å². The van der Waals surface area contributed by atoms with Gasteiger partial charge in [-0.1, -0.05) is 5.16 Å². The smallest absolute Gasteiger partial charge is 0.231 e. The van der Waals surface area contributed by atoms with Crippen molar-refractivity contribution < 1.29 is 9.32 Å². The molecule has 1 amide bonds. The Balaban J connectivity index is 1.67. The predicted molar refractivity (Wildman–Crippen MR) is 83.4 cm³/mol. The summed E-state index contributed by atoms with van der Waals surface area (Å²) >= 11 is 1.61. The molecule has 22 heavy (non-hydrogen) atoms. The second-order valence-corrected chi connectivity index (χ2v) is 7.37. The van der Waals surface area contributed by atoms with Gasteiger partial charge >= 0.3 is 0 Å². The van der Waals surface area contributed by atoms with Crippen LogP contribution in [0.2, 0.25) is 0 Å². The molecule has 4 atom stereocenters. The molecule has 0 radical (unpaired) electrons. The van der Waals surface area contributed by atoms with Crippen molar-refractivity contribution in [2.45, 2.75) is 25.2 Å². The molecule has 2 bridgehead atoms. The van der Waals surface area contributed by atoms with Gasteiger partial charge in [-0.05, 0) is 42.5 Å². The van der Waals surface area contributed by atoms with Gasteiger partial charge in [0, 0.05) is 25.0 Å². The van der Waals surface area contributed by atoms with E-state index in [1.165, 1.54) is 6.42 Å². The molecule has 2 aliphatic carbocycles. The average Bonchev–Trinajstić information content (AvgIpc) is 3.27. The van der Waals surface area contributed by atoms with Crippen LogP contribution in [0.3, 0.4) is 0 Å². The molecule has 0 saturated heterocycles. The van der Waals surface area contributed by atoms with Gasteiger partial charge in [0.25, 0.3) is 0 Å². The molecule has 2 fully saturated rings. The summed E-state index contributed by atoms with van der Waals surface area (Å²) in [6, 6.07) is 1.99. The van der Waals surface area contributed by atoms with Crippen molar-refractivity contribution in [2.75, 3.05) is 14.1 Å². The molecule has 5 nitrogen and oxygen atoms in total. The topological polar surface area (TPSA) is 59.2 Å². The molecule has 2 heterocycles. The minimum absolute atomic E-state index is 0.00419. The van der Waals surface area contributed by atoms with Crippen LogP contribution in [-0.4, -0.2) is 35.0 Å². The van der Waals surface area contributed by atoms with Gasteiger partial charge in [-0.3, -0.25) is 4.79 Å². The van der Waals surface area contributed by atoms with Gasteiger partial charge in [0.05, 0.1) is 11.8 Å². The third-order valence-electron chi connectivity index (χ3n) is 5.15. The van der Waals surface area contributed by atoms with Crippen molar-refractivity contribution in [2.24, 2.45) is 17.8 Å². The lowest BCUT2D eigenvalue weighted by atomic mass is 9.78. The molecule has 0 spiro atoms. The minimum atomic E-state index is 0.00419. The first-order valence-corrected chi connectivity index (χ1v) is 8.66. The van der Waals surface area contributed by atoms with E-state index in [0.717, 1.165) is 18.4 Å². The average molecular weight is 317 g/mol. The number of carbonyl (C=O) groups is 1. The summed E-state index contributed by atoms with van der Waals surface area (Å²) in [5.74, 6) is 2.56. The largest absolute Gasteiger partial charge is 0.349 e. The standard InChI is InChI=1S/C16H19N3O2S/c1-19(2)16(20)13-10-4-3-9(7-10)12(13)15-17-14(18-21-15)11-5-6-22-8-11/h5-6,8-10,12-13H,3-4,7H2,1-2H3/t9-,10+,12+,13+/m1/s1. The molecule has 0 aliphatic heterocycles. The Labute approximate surface area is 133 Å². The van der Waals surface area contributed by atoms with E-state index >= 15 is 0 Å². The van der Waals surface area contributed by atoms with E-state index in [1.807, 2.05) is 30.9 Å². The molecular weight excluding hydrogens is 298 g/mol. The Morgan fingerprint density at radius 3 is 2.91 bits per heavy atom. The van der Waals surface area contributed by atoms with Crippen LogP contribution >= 0.6 is 11.3 Å². The second-order valence-electron chi connectivity index (χ2n) is 6.59. The SMILES string of the molecule is CN(C)C(=O)[C@H]1[C@H]2CC[C@H](C2)[C@@H]1c1nc(-c2ccsc2)no1. The van der Waals surface area contributed by atoms with Crippen molar-refractivity contribution in [1.82, 2.24) is 15.0 Å². The first kappa shape index (κ1) is 13.9. The first-order chi connectivity index (χ1) is 10.6. The van der Waals surface area contributed by atoms with E-state index in [4.69, 9.17) is 4.52 Å². The summed E-state index contributed by atoms with van der Waals surface area (Å²) in [5, 5.41) is 8.13. The number of fused-ring (bicyclic) bond motifs is 2. The highest BCUT2D eigenvalue weighted by Crippen LogP contribution is 2.56. The van der Waals surface area contributed by atoms with E-state index in [2.05, 4.69) is 10.1 Å². The van der Waals surface area contributed by atoms with E-state index < -0.39 is 0 Å². The van der Waals surface area contributed by atoms with E-state index in [-0.39, 0.29) is 17.7 Å². The van der Waals surface area contributed by atoms with Crippen molar-refractivity contribution in [3.63, 3.8) is 0 Å². The molecular formula is C16H19N3O2S. The van der Waals surface area contributed by atoms with Crippen LogP contribution in [0.1, 0.15) is 31.1 Å². The highest BCUT2D eigenvalue weighted by atomic mass is 32.1. The maximum Gasteiger partial charge on any atom is 0.231 e.